The van der Waals surface area contributed by atoms with Gasteiger partial charge in [-0.25, -0.2) is 23.4 Å². The second kappa shape index (κ2) is 8.77. The van der Waals surface area contributed by atoms with Gasteiger partial charge in [-0.1, -0.05) is 0 Å². The number of nitrogen functional groups attached to an aromatic ring is 1. The van der Waals surface area contributed by atoms with Gasteiger partial charge in [0.25, 0.3) is 5.91 Å². The third-order valence-electron chi connectivity index (χ3n) is 7.52. The summed E-state index contributed by atoms with van der Waals surface area (Å²) in [6.07, 6.45) is 9.82. The molecule has 6 heterocycles. The van der Waals surface area contributed by atoms with Crippen LogP contribution >= 0.6 is 0 Å². The van der Waals surface area contributed by atoms with Crippen LogP contribution in [0.2, 0.25) is 0 Å². The van der Waals surface area contributed by atoms with Gasteiger partial charge in [-0.15, -0.1) is 10.2 Å². The van der Waals surface area contributed by atoms with E-state index in [-0.39, 0.29) is 46.3 Å². The quantitative estimate of drug-likeness (QED) is 0.320. The summed E-state index contributed by atoms with van der Waals surface area (Å²) in [5, 5.41) is 22.1. The number of anilines is 1. The number of nitrogens with one attached hydrogen (secondary N) is 1. The second-order valence-electron chi connectivity index (χ2n) is 10.7. The van der Waals surface area contributed by atoms with Crippen LogP contribution in [0.3, 0.4) is 0 Å². The lowest BCUT2D eigenvalue weighted by Gasteiger charge is -2.38. The summed E-state index contributed by atoms with van der Waals surface area (Å²) >= 11 is 0. The van der Waals surface area contributed by atoms with E-state index in [1.165, 1.54) is 10.8 Å². The van der Waals surface area contributed by atoms with Gasteiger partial charge in [0.2, 0.25) is 5.82 Å². The Labute approximate surface area is 223 Å². The van der Waals surface area contributed by atoms with Crippen LogP contribution in [0.1, 0.15) is 67.6 Å². The van der Waals surface area contributed by atoms with Crippen molar-refractivity contribution in [3.63, 3.8) is 0 Å². The number of sulfone groups is 1. The molecule has 204 valence electrons. The summed E-state index contributed by atoms with van der Waals surface area (Å²) in [5.41, 5.74) is 7.16. The number of aromatic amines is 1. The molecule has 3 atom stereocenters. The maximum Gasteiger partial charge on any atom is 0.292 e. The summed E-state index contributed by atoms with van der Waals surface area (Å²) in [4.78, 5) is 31.1. The first-order valence-corrected chi connectivity index (χ1v) is 14.4. The zero-order chi connectivity index (χ0) is 27.7. The number of piperidine rings is 1. The highest BCUT2D eigenvalue weighted by Gasteiger charge is 2.46. The van der Waals surface area contributed by atoms with Gasteiger partial charge >= 0.3 is 0 Å². The number of carbonyl (C=O) groups is 1. The van der Waals surface area contributed by atoms with Crippen LogP contribution in [-0.2, 0) is 15.4 Å². The molecule has 0 aliphatic carbocycles. The molecular formula is C24H28N10O4S. The van der Waals surface area contributed by atoms with Crippen LogP contribution in [0.25, 0.3) is 16.8 Å². The van der Waals surface area contributed by atoms with E-state index in [1.54, 1.807) is 32.4 Å². The zero-order valence-electron chi connectivity index (χ0n) is 21.6. The Balaban J connectivity index is 1.42. The Morgan fingerprint density at radius 1 is 1.15 bits per heavy atom. The highest BCUT2D eigenvalue weighted by Crippen LogP contribution is 2.45. The largest absolute Gasteiger partial charge is 0.382 e. The Kier molecular flexibility index (Phi) is 5.69. The standard InChI is InChI=1S/C24H28N10O4S/c1-24(2,36)23-26-8-13(9-27-23)16-10-30-34-19(25)18(39(3,37)38)17(31-21(16)34)12-6-14-4-5-15(7-12)33(14)22(35)20-28-11-29-32-20/h8-12,14-15,36H,4-7,25H2,1-3H3,(H,28,29,32)/t12-,14+,15-. The van der Waals surface area contributed by atoms with Crippen LogP contribution < -0.4 is 5.73 Å². The molecule has 0 unspecified atom stereocenters. The summed E-state index contributed by atoms with van der Waals surface area (Å²) in [6, 6.07) is -0.185. The highest BCUT2D eigenvalue weighted by atomic mass is 32.2. The summed E-state index contributed by atoms with van der Waals surface area (Å²) < 4.78 is 27.3. The number of rotatable bonds is 5. The molecule has 0 aromatic carbocycles. The minimum atomic E-state index is -3.77. The molecule has 2 aliphatic heterocycles. The van der Waals surface area contributed by atoms with Gasteiger partial charge in [-0.2, -0.15) is 9.61 Å². The zero-order valence-corrected chi connectivity index (χ0v) is 22.4. The monoisotopic (exact) mass is 552 g/mol. The van der Waals surface area contributed by atoms with Crippen molar-refractivity contribution in [2.45, 2.75) is 68.0 Å². The normalized spacial score (nSPS) is 21.5. The number of aliphatic hydroxyl groups is 1. The van der Waals surface area contributed by atoms with E-state index in [4.69, 9.17) is 10.7 Å². The average molecular weight is 553 g/mol. The molecule has 4 aromatic rings. The molecule has 14 nitrogen and oxygen atoms in total. The maximum atomic E-state index is 13.1. The molecule has 6 rings (SSSR count). The Bertz CT molecular complexity index is 1660. The number of carbonyl (C=O) groups excluding carboxylic acids is 1. The lowest BCUT2D eigenvalue weighted by molar-refractivity contribution is 0.0556. The molecule has 2 aliphatic rings. The van der Waals surface area contributed by atoms with Crippen molar-refractivity contribution in [1.82, 2.24) is 44.6 Å². The Morgan fingerprint density at radius 3 is 2.38 bits per heavy atom. The van der Waals surface area contributed by atoms with Crippen molar-refractivity contribution in [2.24, 2.45) is 0 Å². The Hall–Kier alpha value is -3.98. The first-order valence-electron chi connectivity index (χ1n) is 12.5. The molecule has 15 heteroatoms. The predicted molar refractivity (Wildman–Crippen MR) is 138 cm³/mol. The smallest absolute Gasteiger partial charge is 0.292 e. The van der Waals surface area contributed by atoms with Crippen molar-refractivity contribution < 1.29 is 18.3 Å². The number of amides is 1. The summed E-state index contributed by atoms with van der Waals surface area (Å²) in [5.74, 6) is -0.0255. The predicted octanol–water partition coefficient (Wildman–Crippen LogP) is 1.07. The van der Waals surface area contributed by atoms with Gasteiger partial charge in [0.05, 0.1) is 11.9 Å². The lowest BCUT2D eigenvalue weighted by Crippen LogP contribution is -2.46. The van der Waals surface area contributed by atoms with Crippen molar-refractivity contribution in [1.29, 1.82) is 0 Å². The van der Waals surface area contributed by atoms with E-state index in [1.807, 2.05) is 4.90 Å². The number of hydrogen-bond donors (Lipinski definition) is 3. The first kappa shape index (κ1) is 25.3. The van der Waals surface area contributed by atoms with Crippen molar-refractivity contribution in [3.8, 4) is 11.1 Å². The van der Waals surface area contributed by atoms with E-state index in [0.717, 1.165) is 19.1 Å². The van der Waals surface area contributed by atoms with Crippen LogP contribution in [-0.4, -0.2) is 82.4 Å². The minimum absolute atomic E-state index is 0.0229. The number of hydrogen-bond acceptors (Lipinski definition) is 11. The Morgan fingerprint density at radius 2 is 1.82 bits per heavy atom. The van der Waals surface area contributed by atoms with Crippen LogP contribution in [0, 0.1) is 0 Å². The third kappa shape index (κ3) is 4.21. The minimum Gasteiger partial charge on any atom is -0.382 e. The third-order valence-corrected chi connectivity index (χ3v) is 8.68. The molecule has 0 radical (unpaired) electrons. The van der Waals surface area contributed by atoms with E-state index in [2.05, 4.69) is 30.2 Å². The molecular weight excluding hydrogens is 524 g/mol. The maximum absolute atomic E-state index is 13.1. The molecule has 0 spiro atoms. The van der Waals surface area contributed by atoms with Crippen molar-refractivity contribution in [2.75, 3.05) is 12.0 Å². The SMILES string of the molecule is CC(C)(O)c1ncc(-c2cnn3c(N)c(S(C)(=O)=O)c([C@H]4C[C@H]5CC[C@@H](C4)N5C(=O)c4nnc[nH]4)nc23)cn1. The van der Waals surface area contributed by atoms with E-state index in [0.29, 0.717) is 35.3 Å². The number of fused-ring (bicyclic) bond motifs is 3. The fourth-order valence-electron chi connectivity index (χ4n) is 5.83. The molecule has 1 amide bonds. The molecule has 2 saturated heterocycles. The first-order chi connectivity index (χ1) is 18.4. The number of H-pyrrole nitrogens is 1. The van der Waals surface area contributed by atoms with E-state index >= 15 is 0 Å². The molecule has 2 fully saturated rings. The van der Waals surface area contributed by atoms with Crippen LogP contribution in [0.5, 0.6) is 0 Å². The summed E-state index contributed by atoms with van der Waals surface area (Å²) in [7, 11) is -3.77. The van der Waals surface area contributed by atoms with Gasteiger partial charge in [-0.3, -0.25) is 4.79 Å². The molecule has 4 N–H and O–H groups in total. The van der Waals surface area contributed by atoms with Crippen LogP contribution in [0.4, 0.5) is 5.82 Å². The van der Waals surface area contributed by atoms with Gasteiger partial charge in [0.1, 0.15) is 22.6 Å². The van der Waals surface area contributed by atoms with Gasteiger partial charge in [-0.05, 0) is 39.5 Å². The van der Waals surface area contributed by atoms with E-state index < -0.39 is 15.4 Å². The fourth-order valence-corrected chi connectivity index (χ4v) is 6.88. The van der Waals surface area contributed by atoms with Gasteiger partial charge in [0.15, 0.2) is 21.3 Å². The highest BCUT2D eigenvalue weighted by molar-refractivity contribution is 7.91. The molecule has 0 saturated carbocycles. The van der Waals surface area contributed by atoms with Gasteiger partial charge < -0.3 is 20.7 Å². The fraction of sp³-hybridized carbons (Fsp3) is 0.458. The van der Waals surface area contributed by atoms with Gasteiger partial charge in [0, 0.05) is 47.8 Å². The number of nitrogens with two attached hydrogens (primary N) is 1. The number of aromatic nitrogens is 8. The van der Waals surface area contributed by atoms with Crippen molar-refractivity contribution in [3.05, 3.63) is 42.3 Å². The molecule has 39 heavy (non-hydrogen) atoms. The topological polar surface area (TPSA) is 198 Å². The second-order valence-corrected chi connectivity index (χ2v) is 12.7. The van der Waals surface area contributed by atoms with E-state index in [9.17, 15) is 18.3 Å². The lowest BCUT2D eigenvalue weighted by atomic mass is 9.87. The number of nitrogens with zero attached hydrogens (tertiary/aromatic N) is 8. The van der Waals surface area contributed by atoms with Crippen molar-refractivity contribution >= 4 is 27.2 Å². The average Bonchev–Trinajstić information content (AvgIpc) is 3.61. The molecule has 2 bridgehead atoms. The molecule has 4 aromatic heterocycles. The van der Waals surface area contributed by atoms with Crippen LogP contribution in [0.15, 0.2) is 29.8 Å². The summed E-state index contributed by atoms with van der Waals surface area (Å²) in [6.45, 7) is 3.19.